The van der Waals surface area contributed by atoms with Crippen molar-refractivity contribution in [1.29, 1.82) is 0 Å². The SMILES string of the molecule is NSSC(=O)O. The Morgan fingerprint density at radius 2 is 2.33 bits per heavy atom. The van der Waals surface area contributed by atoms with Crippen LogP contribution in [-0.4, -0.2) is 10.4 Å². The number of hydrogen-bond donors (Lipinski definition) is 2. The summed E-state index contributed by atoms with van der Waals surface area (Å²) in [6, 6.07) is 0. The number of rotatable bonds is 1. The Kier molecular flexibility index (Phi) is 3.40. The number of hydrogen-bond acceptors (Lipinski definition) is 4. The third-order valence-corrected chi connectivity index (χ3v) is 1.07. The fourth-order valence-corrected chi connectivity index (χ4v) is 0.370. The zero-order valence-corrected chi connectivity index (χ0v) is 4.38. The molecule has 36 valence electrons. The van der Waals surface area contributed by atoms with Crippen molar-refractivity contribution < 1.29 is 9.90 Å². The third-order valence-electron chi connectivity index (χ3n) is 0.119. The topological polar surface area (TPSA) is 63.3 Å². The molecule has 3 N–H and O–H groups in total. The first-order chi connectivity index (χ1) is 2.77. The lowest BCUT2D eigenvalue weighted by Crippen LogP contribution is -1.79. The molecule has 0 atom stereocenters. The molecule has 0 aromatic rings. The van der Waals surface area contributed by atoms with Gasteiger partial charge in [0.15, 0.2) is 0 Å². The molecule has 6 heavy (non-hydrogen) atoms. The largest absolute Gasteiger partial charge is 0.472 e. The minimum absolute atomic E-state index is 0.597. The Hall–Kier alpha value is 0.130. The molecular formula is CH3NO2S2. The maximum atomic E-state index is 9.46. The Balaban J connectivity index is 2.83. The van der Waals surface area contributed by atoms with Gasteiger partial charge in [-0.15, -0.1) is 0 Å². The van der Waals surface area contributed by atoms with Gasteiger partial charge in [-0.05, 0) is 11.0 Å². The van der Waals surface area contributed by atoms with Crippen LogP contribution in [0.4, 0.5) is 4.79 Å². The summed E-state index contributed by atoms with van der Waals surface area (Å²) >= 11 is 0. The second-order valence-corrected chi connectivity index (χ2v) is 2.23. The van der Waals surface area contributed by atoms with E-state index in [1.54, 1.807) is 0 Å². The first kappa shape index (κ1) is 6.13. The smallest absolute Gasteiger partial charge is 0.376 e. The van der Waals surface area contributed by atoms with Gasteiger partial charge in [0.05, 0.1) is 0 Å². The summed E-state index contributed by atoms with van der Waals surface area (Å²) in [7, 11) is 1.32. The molecule has 5 heteroatoms. The van der Waals surface area contributed by atoms with E-state index in [0.717, 1.165) is 11.0 Å². The van der Waals surface area contributed by atoms with Crippen molar-refractivity contribution in [1.82, 2.24) is 0 Å². The Bertz CT molecular complexity index is 55.5. The average molecular weight is 125 g/mol. The van der Waals surface area contributed by atoms with E-state index in [2.05, 4.69) is 0 Å². The summed E-state index contributed by atoms with van der Waals surface area (Å²) in [6.45, 7) is 0. The van der Waals surface area contributed by atoms with Crippen LogP contribution in [-0.2, 0) is 0 Å². The van der Waals surface area contributed by atoms with Crippen molar-refractivity contribution in [2.45, 2.75) is 0 Å². The normalized spacial score (nSPS) is 8.17. The fourth-order valence-electron chi connectivity index (χ4n) is 0.0412. The maximum absolute atomic E-state index is 9.46. The minimum Gasteiger partial charge on any atom is -0.472 e. The van der Waals surface area contributed by atoms with Crippen LogP contribution in [0, 0.1) is 0 Å². The first-order valence-electron chi connectivity index (χ1n) is 1.03. The van der Waals surface area contributed by atoms with Gasteiger partial charge in [0.2, 0.25) is 0 Å². The lowest BCUT2D eigenvalue weighted by Gasteiger charge is -1.78. The highest BCUT2D eigenvalue weighted by Crippen LogP contribution is 2.12. The van der Waals surface area contributed by atoms with Crippen LogP contribution < -0.4 is 5.14 Å². The van der Waals surface area contributed by atoms with E-state index in [9.17, 15) is 4.79 Å². The molecule has 0 fully saturated rings. The molecule has 0 amide bonds. The second kappa shape index (κ2) is 3.32. The van der Waals surface area contributed by atoms with Crippen LogP contribution >= 0.6 is 21.8 Å². The molecule has 0 rings (SSSR count). The van der Waals surface area contributed by atoms with Gasteiger partial charge in [-0.1, -0.05) is 0 Å². The Morgan fingerprint density at radius 3 is 2.33 bits per heavy atom. The van der Waals surface area contributed by atoms with E-state index in [0.29, 0.717) is 10.8 Å². The molecule has 0 aliphatic heterocycles. The quantitative estimate of drug-likeness (QED) is 0.403. The second-order valence-electron chi connectivity index (χ2n) is 0.445. The number of carbonyl (C=O) groups is 1. The van der Waals surface area contributed by atoms with Crippen LogP contribution in [0.25, 0.3) is 0 Å². The summed E-state index contributed by atoms with van der Waals surface area (Å²) in [5.41, 5.74) is 0. The molecule has 0 heterocycles. The predicted octanol–water partition coefficient (Wildman–Crippen LogP) is 0.920. The molecule has 0 aromatic carbocycles. The van der Waals surface area contributed by atoms with Crippen molar-refractivity contribution >= 4 is 27.1 Å². The Morgan fingerprint density at radius 1 is 1.83 bits per heavy atom. The maximum Gasteiger partial charge on any atom is 0.376 e. The van der Waals surface area contributed by atoms with Gasteiger partial charge >= 0.3 is 5.30 Å². The molecule has 3 nitrogen and oxygen atoms in total. The first-order valence-corrected chi connectivity index (χ1v) is 3.25. The van der Waals surface area contributed by atoms with Crippen LogP contribution in [0.15, 0.2) is 0 Å². The van der Waals surface area contributed by atoms with E-state index in [4.69, 9.17) is 10.2 Å². The lowest BCUT2D eigenvalue weighted by atomic mass is 11.6. The predicted molar refractivity (Wildman–Crippen MR) is 27.4 cm³/mol. The summed E-state index contributed by atoms with van der Waals surface area (Å²) in [5.74, 6) is 0. The summed E-state index contributed by atoms with van der Waals surface area (Å²) in [5, 5.41) is 11.5. The van der Waals surface area contributed by atoms with Gasteiger partial charge in [0.1, 0.15) is 0 Å². The minimum atomic E-state index is -0.956. The highest BCUT2D eigenvalue weighted by Gasteiger charge is 1.90. The summed E-state index contributed by atoms with van der Waals surface area (Å²) in [4.78, 5) is 9.46. The van der Waals surface area contributed by atoms with Crippen LogP contribution in [0.3, 0.4) is 0 Å². The molecule has 0 radical (unpaired) electrons. The van der Waals surface area contributed by atoms with E-state index >= 15 is 0 Å². The number of nitrogens with two attached hydrogens (primary N) is 1. The highest BCUT2D eigenvalue weighted by molar-refractivity contribution is 8.81. The molecule has 0 saturated carbocycles. The van der Waals surface area contributed by atoms with Gasteiger partial charge in [0.25, 0.3) is 0 Å². The van der Waals surface area contributed by atoms with E-state index in [-0.39, 0.29) is 0 Å². The van der Waals surface area contributed by atoms with Gasteiger partial charge < -0.3 is 5.11 Å². The summed E-state index contributed by atoms with van der Waals surface area (Å²) in [6.07, 6.45) is 0. The third kappa shape index (κ3) is 4.13. The molecule has 0 aliphatic carbocycles. The molecule has 0 aliphatic rings. The average Bonchev–Trinajstić information content (AvgIpc) is 1.35. The Labute approximate surface area is 42.8 Å². The van der Waals surface area contributed by atoms with Crippen molar-refractivity contribution in [2.75, 3.05) is 0 Å². The molecule has 0 bridgehead atoms. The van der Waals surface area contributed by atoms with Crippen molar-refractivity contribution in [3.05, 3.63) is 0 Å². The lowest BCUT2D eigenvalue weighted by molar-refractivity contribution is 0.222. The van der Waals surface area contributed by atoms with E-state index in [1.165, 1.54) is 0 Å². The summed E-state index contributed by atoms with van der Waals surface area (Å²) < 4.78 is 0. The van der Waals surface area contributed by atoms with Crippen molar-refractivity contribution in [3.8, 4) is 0 Å². The van der Waals surface area contributed by atoms with Crippen molar-refractivity contribution in [3.63, 3.8) is 0 Å². The van der Waals surface area contributed by atoms with Crippen LogP contribution in [0.5, 0.6) is 0 Å². The van der Waals surface area contributed by atoms with Gasteiger partial charge in [0, 0.05) is 10.8 Å². The molecule has 0 aromatic heterocycles. The zero-order chi connectivity index (χ0) is 4.99. The highest BCUT2D eigenvalue weighted by atomic mass is 33.1. The molecule has 0 spiro atoms. The van der Waals surface area contributed by atoms with Crippen LogP contribution in [0.2, 0.25) is 0 Å². The van der Waals surface area contributed by atoms with Crippen molar-refractivity contribution in [2.24, 2.45) is 5.14 Å². The zero-order valence-electron chi connectivity index (χ0n) is 2.75. The molecule has 0 unspecified atom stereocenters. The van der Waals surface area contributed by atoms with Gasteiger partial charge in [-0.2, -0.15) is 0 Å². The van der Waals surface area contributed by atoms with Gasteiger partial charge in [-0.25, -0.2) is 4.79 Å². The monoisotopic (exact) mass is 125 g/mol. The standard InChI is InChI=1S/CH3NO2S2/c2-6-5-1(3)4/h2H2,(H,3,4). The fraction of sp³-hybridized carbons (Fsp3) is 0. The van der Waals surface area contributed by atoms with Gasteiger partial charge in [-0.3, -0.25) is 5.14 Å². The van der Waals surface area contributed by atoms with E-state index < -0.39 is 5.30 Å². The molecule has 0 saturated heterocycles. The number of carboxylic acid groups (broad SMARTS) is 1. The van der Waals surface area contributed by atoms with E-state index in [1.807, 2.05) is 0 Å². The van der Waals surface area contributed by atoms with Crippen LogP contribution in [0.1, 0.15) is 0 Å². The molecular weight excluding hydrogens is 122 g/mol.